The summed E-state index contributed by atoms with van der Waals surface area (Å²) < 4.78 is 11.5. The number of hydrogen-bond donors (Lipinski definition) is 1. The third-order valence-corrected chi connectivity index (χ3v) is 4.33. The number of carbonyl (C=O) groups excluding carboxylic acids is 1. The molecule has 5 heteroatoms. The molecule has 1 aliphatic heterocycles. The summed E-state index contributed by atoms with van der Waals surface area (Å²) in [6.07, 6.45) is 0. The maximum atomic E-state index is 12.6. The second kappa shape index (κ2) is 7.09. The van der Waals surface area contributed by atoms with E-state index in [0.29, 0.717) is 24.7 Å². The Morgan fingerprint density at radius 3 is 2.92 bits per heavy atom. The van der Waals surface area contributed by atoms with Gasteiger partial charge in [0.05, 0.1) is 0 Å². The largest absolute Gasteiger partial charge is 0.485 e. The second-order valence-electron chi connectivity index (χ2n) is 6.38. The number of carbonyl (C=O) groups is 1. The molecule has 1 aromatic heterocycles. The van der Waals surface area contributed by atoms with Crippen LogP contribution < -0.4 is 10.1 Å². The van der Waals surface area contributed by atoms with Crippen LogP contribution in [0.2, 0.25) is 0 Å². The molecule has 128 valence electrons. The molecule has 24 heavy (non-hydrogen) atoms. The fourth-order valence-electron chi connectivity index (χ4n) is 2.96. The van der Waals surface area contributed by atoms with E-state index in [2.05, 4.69) is 18.3 Å². The molecule has 1 aliphatic rings. The molecule has 0 spiro atoms. The van der Waals surface area contributed by atoms with Gasteiger partial charge in [-0.1, -0.05) is 17.7 Å². The number of rotatable bonds is 4. The Morgan fingerprint density at radius 1 is 1.33 bits per heavy atom. The Labute approximate surface area is 142 Å². The molecule has 5 nitrogen and oxygen atoms in total. The third-order valence-electron chi connectivity index (χ3n) is 4.33. The van der Waals surface area contributed by atoms with Crippen molar-refractivity contribution in [3.05, 3.63) is 53.0 Å². The van der Waals surface area contributed by atoms with E-state index in [4.69, 9.17) is 9.15 Å². The van der Waals surface area contributed by atoms with Gasteiger partial charge >= 0.3 is 0 Å². The lowest BCUT2D eigenvalue weighted by Crippen LogP contribution is -2.52. The standard InChI is InChI=1S/C19H24N2O3/c1-13-4-6-17(14(2)10-13)23-12-16-5-7-18(24-16)19(22)21-9-8-20-11-15(21)3/h4-7,10,15,20H,8-9,11-12H2,1-3H3/t15-/m1/s1. The van der Waals surface area contributed by atoms with Gasteiger partial charge in [-0.25, -0.2) is 0 Å². The molecular weight excluding hydrogens is 304 g/mol. The topological polar surface area (TPSA) is 54.7 Å². The molecule has 0 unspecified atom stereocenters. The molecule has 1 atom stereocenters. The van der Waals surface area contributed by atoms with E-state index in [1.807, 2.05) is 36.9 Å². The van der Waals surface area contributed by atoms with Crippen LogP contribution in [0.1, 0.15) is 34.4 Å². The molecule has 1 aromatic carbocycles. The van der Waals surface area contributed by atoms with Crippen LogP contribution in [0.3, 0.4) is 0 Å². The Kier molecular flexibility index (Phi) is 4.90. The van der Waals surface area contributed by atoms with Gasteiger partial charge in [-0.05, 0) is 44.5 Å². The highest BCUT2D eigenvalue weighted by atomic mass is 16.5. The van der Waals surface area contributed by atoms with Gasteiger partial charge in [0.15, 0.2) is 5.76 Å². The molecule has 1 amide bonds. The average Bonchev–Trinajstić information content (AvgIpc) is 3.03. The molecule has 0 aliphatic carbocycles. The number of aryl methyl sites for hydroxylation is 2. The maximum Gasteiger partial charge on any atom is 0.289 e. The monoisotopic (exact) mass is 328 g/mol. The summed E-state index contributed by atoms with van der Waals surface area (Å²) in [5, 5.41) is 3.28. The first-order chi connectivity index (χ1) is 11.5. The van der Waals surface area contributed by atoms with Crippen LogP contribution >= 0.6 is 0 Å². The van der Waals surface area contributed by atoms with E-state index in [9.17, 15) is 4.79 Å². The highest BCUT2D eigenvalue weighted by Crippen LogP contribution is 2.21. The van der Waals surface area contributed by atoms with Crippen LogP contribution in [-0.4, -0.2) is 36.5 Å². The number of nitrogens with zero attached hydrogens (tertiary/aromatic N) is 1. The Balaban J connectivity index is 1.63. The van der Waals surface area contributed by atoms with E-state index in [1.165, 1.54) is 5.56 Å². The van der Waals surface area contributed by atoms with Gasteiger partial charge < -0.3 is 19.4 Å². The normalized spacial score (nSPS) is 17.8. The van der Waals surface area contributed by atoms with E-state index < -0.39 is 0 Å². The molecule has 0 bridgehead atoms. The minimum absolute atomic E-state index is 0.0539. The lowest BCUT2D eigenvalue weighted by molar-refractivity contribution is 0.0619. The minimum atomic E-state index is -0.0539. The summed E-state index contributed by atoms with van der Waals surface area (Å²) in [5.74, 6) is 1.81. The predicted molar refractivity (Wildman–Crippen MR) is 92.3 cm³/mol. The van der Waals surface area contributed by atoms with Crippen molar-refractivity contribution in [1.82, 2.24) is 10.2 Å². The minimum Gasteiger partial charge on any atom is -0.485 e. The molecule has 3 rings (SSSR count). The van der Waals surface area contributed by atoms with Gasteiger partial charge in [0.2, 0.25) is 0 Å². The number of nitrogens with one attached hydrogen (secondary N) is 1. The van der Waals surface area contributed by atoms with Crippen molar-refractivity contribution < 1.29 is 13.9 Å². The van der Waals surface area contributed by atoms with E-state index in [-0.39, 0.29) is 11.9 Å². The number of piperazine rings is 1. The van der Waals surface area contributed by atoms with Gasteiger partial charge in [0.1, 0.15) is 18.1 Å². The maximum absolute atomic E-state index is 12.6. The molecule has 2 heterocycles. The molecular formula is C19H24N2O3. The van der Waals surface area contributed by atoms with Crippen LogP contribution in [0.4, 0.5) is 0 Å². The molecule has 0 radical (unpaired) electrons. The van der Waals surface area contributed by atoms with Crippen molar-refractivity contribution in [2.45, 2.75) is 33.4 Å². The molecule has 1 fully saturated rings. The van der Waals surface area contributed by atoms with Crippen molar-refractivity contribution in [1.29, 1.82) is 0 Å². The SMILES string of the molecule is Cc1ccc(OCc2ccc(C(=O)N3CCNC[C@H]3C)o2)c(C)c1. The van der Waals surface area contributed by atoms with Crippen LogP contribution in [0.15, 0.2) is 34.7 Å². The Morgan fingerprint density at radius 2 is 2.17 bits per heavy atom. The predicted octanol–water partition coefficient (Wildman–Crippen LogP) is 2.91. The van der Waals surface area contributed by atoms with Crippen LogP contribution in [0, 0.1) is 13.8 Å². The van der Waals surface area contributed by atoms with Crippen molar-refractivity contribution in [2.75, 3.05) is 19.6 Å². The smallest absolute Gasteiger partial charge is 0.289 e. The van der Waals surface area contributed by atoms with Crippen LogP contribution in [-0.2, 0) is 6.61 Å². The summed E-state index contributed by atoms with van der Waals surface area (Å²) in [4.78, 5) is 14.4. The highest BCUT2D eigenvalue weighted by Gasteiger charge is 2.26. The lowest BCUT2D eigenvalue weighted by Gasteiger charge is -2.33. The van der Waals surface area contributed by atoms with E-state index in [1.54, 1.807) is 6.07 Å². The summed E-state index contributed by atoms with van der Waals surface area (Å²) in [6, 6.07) is 9.78. The van der Waals surface area contributed by atoms with Crippen molar-refractivity contribution in [3.63, 3.8) is 0 Å². The Bertz CT molecular complexity index is 723. The van der Waals surface area contributed by atoms with Crippen LogP contribution in [0.25, 0.3) is 0 Å². The summed E-state index contributed by atoms with van der Waals surface area (Å²) >= 11 is 0. The molecule has 1 N–H and O–H groups in total. The van der Waals surface area contributed by atoms with Gasteiger partial charge in [0, 0.05) is 25.7 Å². The first-order valence-electron chi connectivity index (χ1n) is 8.35. The molecule has 2 aromatic rings. The molecule has 0 saturated carbocycles. The fraction of sp³-hybridized carbons (Fsp3) is 0.421. The third kappa shape index (κ3) is 3.62. The zero-order valence-electron chi connectivity index (χ0n) is 14.5. The van der Waals surface area contributed by atoms with Crippen molar-refractivity contribution in [2.24, 2.45) is 0 Å². The van der Waals surface area contributed by atoms with E-state index >= 15 is 0 Å². The first-order valence-corrected chi connectivity index (χ1v) is 8.35. The zero-order valence-corrected chi connectivity index (χ0v) is 14.5. The van der Waals surface area contributed by atoms with Crippen molar-refractivity contribution >= 4 is 5.91 Å². The second-order valence-corrected chi connectivity index (χ2v) is 6.38. The number of benzene rings is 1. The lowest BCUT2D eigenvalue weighted by atomic mass is 10.1. The Hall–Kier alpha value is -2.27. The highest BCUT2D eigenvalue weighted by molar-refractivity contribution is 5.91. The number of hydrogen-bond acceptors (Lipinski definition) is 4. The van der Waals surface area contributed by atoms with Gasteiger partial charge in [0.25, 0.3) is 5.91 Å². The van der Waals surface area contributed by atoms with Crippen molar-refractivity contribution in [3.8, 4) is 5.75 Å². The van der Waals surface area contributed by atoms with Gasteiger partial charge in [-0.15, -0.1) is 0 Å². The quantitative estimate of drug-likeness (QED) is 0.937. The summed E-state index contributed by atoms with van der Waals surface area (Å²) in [7, 11) is 0. The average molecular weight is 328 g/mol. The van der Waals surface area contributed by atoms with E-state index in [0.717, 1.165) is 24.4 Å². The summed E-state index contributed by atoms with van der Waals surface area (Å²) in [5.41, 5.74) is 2.29. The first kappa shape index (κ1) is 16.6. The fourth-order valence-corrected chi connectivity index (χ4v) is 2.96. The van der Waals surface area contributed by atoms with Gasteiger partial charge in [-0.3, -0.25) is 4.79 Å². The number of furan rings is 1. The number of amides is 1. The van der Waals surface area contributed by atoms with Crippen LogP contribution in [0.5, 0.6) is 5.75 Å². The number of ether oxygens (including phenoxy) is 1. The molecule has 1 saturated heterocycles. The zero-order chi connectivity index (χ0) is 17.1. The van der Waals surface area contributed by atoms with Gasteiger partial charge in [-0.2, -0.15) is 0 Å². The summed E-state index contributed by atoms with van der Waals surface area (Å²) in [6.45, 7) is 8.76.